The summed E-state index contributed by atoms with van der Waals surface area (Å²) in [6.07, 6.45) is 4.86. The van der Waals surface area contributed by atoms with Gasteiger partial charge in [-0.15, -0.1) is 0 Å². The normalized spacial score (nSPS) is 11.1. The van der Waals surface area contributed by atoms with Crippen LogP contribution in [0.5, 0.6) is 5.75 Å². The molecule has 140 valence electrons. The van der Waals surface area contributed by atoms with E-state index >= 15 is 0 Å². The molecular formula is C22H30O3Si. The van der Waals surface area contributed by atoms with Gasteiger partial charge in [0.25, 0.3) is 0 Å². The van der Waals surface area contributed by atoms with E-state index in [1.54, 1.807) is 18.2 Å². The molecule has 4 heteroatoms. The number of hydrogen-bond acceptors (Lipinski definition) is 2. The second-order valence-corrected chi connectivity index (χ2v) is 10.7. The molecule has 0 aliphatic carbocycles. The van der Waals surface area contributed by atoms with Crippen molar-refractivity contribution in [3.05, 3.63) is 53.1 Å². The van der Waals surface area contributed by atoms with Crippen molar-refractivity contribution in [1.82, 2.24) is 0 Å². The number of aromatic hydroxyl groups is 1. The minimum absolute atomic E-state index is 0.245. The van der Waals surface area contributed by atoms with Gasteiger partial charge in [0.15, 0.2) is 0 Å². The van der Waals surface area contributed by atoms with Crippen LogP contribution < -0.4 is 0 Å². The average Bonchev–Trinajstić information content (AvgIpc) is 2.60. The highest BCUT2D eigenvalue weighted by atomic mass is 28.3. The number of carboxylic acids is 1. The van der Waals surface area contributed by atoms with Crippen LogP contribution in [0, 0.1) is 0 Å². The fraction of sp³-hybridized carbons (Fsp3) is 0.409. The molecule has 2 aromatic rings. The van der Waals surface area contributed by atoms with E-state index in [-0.39, 0.29) is 5.75 Å². The predicted molar refractivity (Wildman–Crippen MR) is 111 cm³/mol. The Morgan fingerprint density at radius 2 is 1.62 bits per heavy atom. The zero-order chi connectivity index (χ0) is 19.1. The molecule has 0 aliphatic rings. The highest BCUT2D eigenvalue weighted by Gasteiger charge is 2.18. The van der Waals surface area contributed by atoms with Gasteiger partial charge in [-0.05, 0) is 59.7 Å². The van der Waals surface area contributed by atoms with Crippen LogP contribution in [0.4, 0.5) is 0 Å². The molecule has 0 bridgehead atoms. The molecule has 2 aromatic carbocycles. The summed E-state index contributed by atoms with van der Waals surface area (Å²) in [5, 5.41) is 19.3. The summed E-state index contributed by atoms with van der Waals surface area (Å²) in [5.74, 6) is -0.595. The Morgan fingerprint density at radius 1 is 0.962 bits per heavy atom. The van der Waals surface area contributed by atoms with Gasteiger partial charge < -0.3 is 10.2 Å². The van der Waals surface area contributed by atoms with E-state index in [9.17, 15) is 15.0 Å². The molecular weight excluding hydrogens is 340 g/mol. The van der Waals surface area contributed by atoms with Gasteiger partial charge in [0.2, 0.25) is 0 Å². The lowest BCUT2D eigenvalue weighted by Crippen LogP contribution is -2.09. The number of aromatic carboxylic acids is 1. The summed E-state index contributed by atoms with van der Waals surface area (Å²) in [7, 11) is -0.627. The lowest BCUT2D eigenvalue weighted by atomic mass is 9.87. The maximum atomic E-state index is 11.8. The van der Waals surface area contributed by atoms with Gasteiger partial charge in [-0.25, -0.2) is 4.79 Å². The highest BCUT2D eigenvalue weighted by Crippen LogP contribution is 2.32. The number of rotatable bonds is 9. The van der Waals surface area contributed by atoms with Crippen LogP contribution in [0.2, 0.25) is 19.1 Å². The molecule has 0 aliphatic heterocycles. The lowest BCUT2D eigenvalue weighted by Gasteiger charge is -2.18. The molecule has 0 unspecified atom stereocenters. The third-order valence-corrected chi connectivity index (χ3v) is 6.39. The largest absolute Gasteiger partial charge is 0.508 e. The fourth-order valence-electron chi connectivity index (χ4n) is 3.42. The molecule has 2 rings (SSSR count). The molecule has 0 fully saturated rings. The summed E-state index contributed by atoms with van der Waals surface area (Å²) in [6, 6.07) is 12.2. The topological polar surface area (TPSA) is 57.5 Å². The van der Waals surface area contributed by atoms with Crippen LogP contribution in [0.25, 0.3) is 11.1 Å². The van der Waals surface area contributed by atoms with Gasteiger partial charge in [-0.2, -0.15) is 0 Å². The Morgan fingerprint density at radius 3 is 2.19 bits per heavy atom. The van der Waals surface area contributed by atoms with Crippen molar-refractivity contribution in [3.63, 3.8) is 0 Å². The zero-order valence-corrected chi connectivity index (χ0v) is 17.2. The molecule has 26 heavy (non-hydrogen) atoms. The summed E-state index contributed by atoms with van der Waals surface area (Å²) < 4.78 is 0. The second kappa shape index (κ2) is 9.58. The van der Waals surface area contributed by atoms with Crippen LogP contribution in [0.1, 0.15) is 47.7 Å². The minimum Gasteiger partial charge on any atom is -0.508 e. The molecule has 2 N–H and O–H groups in total. The lowest BCUT2D eigenvalue weighted by molar-refractivity contribution is 0.0695. The molecule has 3 nitrogen and oxygen atoms in total. The third-order valence-electron chi connectivity index (χ3n) is 4.83. The van der Waals surface area contributed by atoms with E-state index < -0.39 is 14.8 Å². The highest BCUT2D eigenvalue weighted by molar-refractivity contribution is 6.55. The summed E-state index contributed by atoms with van der Waals surface area (Å²) in [5.41, 5.74) is 4.76. The van der Waals surface area contributed by atoms with Crippen LogP contribution in [0.3, 0.4) is 0 Å². The summed E-state index contributed by atoms with van der Waals surface area (Å²) >= 11 is 0. The minimum atomic E-state index is -0.840. The third kappa shape index (κ3) is 5.21. The summed E-state index contributed by atoms with van der Waals surface area (Å²) in [6.45, 7) is 6.84. The maximum absolute atomic E-state index is 11.8. The molecule has 0 atom stereocenters. The van der Waals surface area contributed by atoms with Gasteiger partial charge >= 0.3 is 5.97 Å². The number of unbranched alkanes of at least 4 members (excludes halogenated alkanes) is 1. The van der Waals surface area contributed by atoms with E-state index in [0.717, 1.165) is 48.8 Å². The quantitative estimate of drug-likeness (QED) is 0.571. The first-order valence-corrected chi connectivity index (χ1v) is 12.7. The van der Waals surface area contributed by atoms with Crippen LogP contribution >= 0.6 is 0 Å². The number of carbonyl (C=O) groups is 1. The first-order chi connectivity index (χ1) is 12.4. The van der Waals surface area contributed by atoms with E-state index in [1.807, 2.05) is 18.2 Å². The van der Waals surface area contributed by atoms with E-state index in [2.05, 4.69) is 20.0 Å². The molecule has 0 amide bonds. The van der Waals surface area contributed by atoms with Gasteiger partial charge in [-0.3, -0.25) is 0 Å². The molecule has 0 spiro atoms. The Bertz CT molecular complexity index is 736. The van der Waals surface area contributed by atoms with Crippen molar-refractivity contribution in [2.24, 2.45) is 0 Å². The maximum Gasteiger partial charge on any atom is 0.335 e. The molecule has 0 aromatic heterocycles. The zero-order valence-electron chi connectivity index (χ0n) is 16.1. The van der Waals surface area contributed by atoms with E-state index in [0.29, 0.717) is 5.56 Å². The average molecular weight is 371 g/mol. The van der Waals surface area contributed by atoms with Gasteiger partial charge in [0.05, 0.1) is 5.56 Å². The monoisotopic (exact) mass is 370 g/mol. The van der Waals surface area contributed by atoms with Crippen molar-refractivity contribution in [2.45, 2.75) is 58.2 Å². The number of hydrogen-bond donors (Lipinski definition) is 2. The van der Waals surface area contributed by atoms with Gasteiger partial charge in [0, 0.05) is 8.80 Å². The predicted octanol–water partition coefficient (Wildman–Crippen LogP) is 5.52. The Kier molecular flexibility index (Phi) is 7.46. The first kappa shape index (κ1) is 20.2. The number of phenolic OH excluding ortho intramolecular Hbond substituents is 1. The van der Waals surface area contributed by atoms with Crippen molar-refractivity contribution in [1.29, 1.82) is 0 Å². The van der Waals surface area contributed by atoms with Crippen LogP contribution in [0.15, 0.2) is 36.4 Å². The van der Waals surface area contributed by atoms with Crippen LogP contribution in [-0.4, -0.2) is 25.0 Å². The molecule has 0 saturated heterocycles. The SMILES string of the molecule is CCCCc1c(C(=O)O)ccc(-c2ccc(O)cc2)c1CCC[SiH](C)C. The smallest absolute Gasteiger partial charge is 0.335 e. The Labute approximate surface area is 158 Å². The summed E-state index contributed by atoms with van der Waals surface area (Å²) in [4.78, 5) is 11.8. The Hall–Kier alpha value is -2.07. The van der Waals surface area contributed by atoms with Crippen LogP contribution in [-0.2, 0) is 12.8 Å². The second-order valence-electron chi connectivity index (χ2n) is 7.36. The van der Waals surface area contributed by atoms with E-state index in [4.69, 9.17) is 0 Å². The van der Waals surface area contributed by atoms with Crippen molar-refractivity contribution in [2.75, 3.05) is 0 Å². The number of carboxylic acid groups (broad SMARTS) is 1. The van der Waals surface area contributed by atoms with Crippen molar-refractivity contribution < 1.29 is 15.0 Å². The molecule has 0 saturated carbocycles. The standard InChI is InChI=1S/C22H30O3Si/c1-4-5-7-20-19(8-6-15-26(2)3)18(13-14-21(20)22(24)25)16-9-11-17(23)12-10-16/h9-14,23,26H,4-8,15H2,1-3H3,(H,24,25). The van der Waals surface area contributed by atoms with Gasteiger partial charge in [-0.1, -0.05) is 57.1 Å². The van der Waals surface area contributed by atoms with Crippen molar-refractivity contribution in [3.8, 4) is 16.9 Å². The number of benzene rings is 2. The van der Waals surface area contributed by atoms with E-state index in [1.165, 1.54) is 11.6 Å². The first-order valence-electron chi connectivity index (χ1n) is 9.61. The fourth-order valence-corrected chi connectivity index (χ4v) is 4.44. The Balaban J connectivity index is 2.53. The molecule has 0 heterocycles. The number of phenols is 1. The van der Waals surface area contributed by atoms with Gasteiger partial charge in [0.1, 0.15) is 5.75 Å². The van der Waals surface area contributed by atoms with Crippen molar-refractivity contribution >= 4 is 14.8 Å². The molecule has 0 radical (unpaired) electrons.